The predicted molar refractivity (Wildman–Crippen MR) is 71.9 cm³/mol. The Bertz CT molecular complexity index is 531. The molecule has 18 heavy (non-hydrogen) atoms. The second-order valence-electron chi connectivity index (χ2n) is 3.62. The lowest BCUT2D eigenvalue weighted by Crippen LogP contribution is -2.25. The first-order valence-electron chi connectivity index (χ1n) is 5.40. The number of aliphatic carboxylic acids is 1. The van der Waals surface area contributed by atoms with Crippen LogP contribution in [0.2, 0.25) is 0 Å². The Morgan fingerprint density at radius 3 is 2.83 bits per heavy atom. The molecule has 0 atom stereocenters. The van der Waals surface area contributed by atoms with Gasteiger partial charge in [-0.2, -0.15) is 0 Å². The molecule has 0 spiro atoms. The maximum Gasteiger partial charge on any atom is 0.328 e. The van der Waals surface area contributed by atoms with E-state index >= 15 is 0 Å². The second kappa shape index (κ2) is 6.67. The maximum absolute atomic E-state index is 11.4. The molecule has 0 aliphatic rings. The highest BCUT2D eigenvalue weighted by Gasteiger charge is 2.08. The van der Waals surface area contributed by atoms with Gasteiger partial charge in [0.25, 0.3) is 0 Å². The highest BCUT2D eigenvalue weighted by molar-refractivity contribution is 7.89. The summed E-state index contributed by atoms with van der Waals surface area (Å²) in [6.07, 6.45) is 3.11. The molecular weight excluding hydrogens is 274 g/mol. The average Bonchev–Trinajstić information content (AvgIpc) is 2.72. The molecule has 7 heteroatoms. The zero-order chi connectivity index (χ0) is 13.6. The van der Waals surface area contributed by atoms with Gasteiger partial charge in [-0.05, 0) is 24.6 Å². The van der Waals surface area contributed by atoms with Gasteiger partial charge in [0.05, 0.1) is 5.75 Å². The molecule has 2 N–H and O–H groups in total. The molecule has 100 valence electrons. The van der Waals surface area contributed by atoms with Gasteiger partial charge in [-0.15, -0.1) is 11.3 Å². The highest BCUT2D eigenvalue weighted by atomic mass is 32.2. The summed E-state index contributed by atoms with van der Waals surface area (Å²) in [6, 6.07) is 3.54. The van der Waals surface area contributed by atoms with E-state index in [1.807, 2.05) is 0 Å². The minimum atomic E-state index is -3.20. The Kier molecular flexibility index (Phi) is 5.52. The first kappa shape index (κ1) is 14.9. The van der Waals surface area contributed by atoms with Crippen molar-refractivity contribution in [2.24, 2.45) is 0 Å². The third-order valence-corrected chi connectivity index (χ3v) is 4.59. The quantitative estimate of drug-likeness (QED) is 0.748. The first-order valence-corrected chi connectivity index (χ1v) is 7.87. The zero-order valence-corrected chi connectivity index (χ0v) is 11.6. The highest BCUT2D eigenvalue weighted by Crippen LogP contribution is 2.17. The lowest BCUT2D eigenvalue weighted by Gasteiger charge is -2.02. The molecule has 0 fully saturated rings. The van der Waals surface area contributed by atoms with Crippen LogP contribution >= 0.6 is 11.3 Å². The Hall–Kier alpha value is -1.18. The number of thiophene rings is 1. The van der Waals surface area contributed by atoms with Crippen molar-refractivity contribution < 1.29 is 18.3 Å². The van der Waals surface area contributed by atoms with Crippen LogP contribution < -0.4 is 4.72 Å². The molecule has 0 radical (unpaired) electrons. The monoisotopic (exact) mass is 289 g/mol. The summed E-state index contributed by atoms with van der Waals surface area (Å²) in [5, 5.41) is 8.48. The van der Waals surface area contributed by atoms with Crippen LogP contribution in [0.4, 0.5) is 0 Å². The number of carbonyl (C=O) groups is 1. The van der Waals surface area contributed by atoms with E-state index in [-0.39, 0.29) is 12.3 Å². The summed E-state index contributed by atoms with van der Waals surface area (Å²) in [4.78, 5) is 12.0. The fraction of sp³-hybridized carbons (Fsp3) is 0.364. The van der Waals surface area contributed by atoms with Crippen molar-refractivity contribution in [3.8, 4) is 0 Å². The minimum Gasteiger partial charge on any atom is -0.478 e. The van der Waals surface area contributed by atoms with Crippen molar-refractivity contribution in [3.05, 3.63) is 28.0 Å². The molecule has 0 aliphatic carbocycles. The van der Waals surface area contributed by atoms with Gasteiger partial charge < -0.3 is 5.11 Å². The van der Waals surface area contributed by atoms with Crippen LogP contribution in [0.1, 0.15) is 23.1 Å². The van der Waals surface area contributed by atoms with E-state index < -0.39 is 16.0 Å². The minimum absolute atomic E-state index is 0.115. The molecule has 1 aromatic heterocycles. The number of rotatable bonds is 7. The Morgan fingerprint density at radius 1 is 1.50 bits per heavy atom. The summed E-state index contributed by atoms with van der Waals surface area (Å²) < 4.78 is 25.4. The number of hydrogen-bond acceptors (Lipinski definition) is 4. The normalized spacial score (nSPS) is 12.1. The second-order valence-corrected chi connectivity index (χ2v) is 6.74. The third-order valence-electron chi connectivity index (χ3n) is 2.01. The van der Waals surface area contributed by atoms with Gasteiger partial charge in [0.15, 0.2) is 0 Å². The molecule has 1 heterocycles. The van der Waals surface area contributed by atoms with Crippen LogP contribution in [-0.2, 0) is 21.4 Å². The van der Waals surface area contributed by atoms with E-state index in [2.05, 4.69) is 4.72 Å². The largest absolute Gasteiger partial charge is 0.478 e. The van der Waals surface area contributed by atoms with Gasteiger partial charge in [-0.3, -0.25) is 0 Å². The molecule has 0 saturated heterocycles. The van der Waals surface area contributed by atoms with E-state index in [1.165, 1.54) is 17.4 Å². The fourth-order valence-electron chi connectivity index (χ4n) is 1.25. The van der Waals surface area contributed by atoms with E-state index in [4.69, 9.17) is 5.11 Å². The SMILES string of the molecule is CCCS(=O)(=O)NCc1ccc(C=CC(=O)O)s1. The molecule has 0 aromatic carbocycles. The summed E-state index contributed by atoms with van der Waals surface area (Å²) >= 11 is 1.36. The van der Waals surface area contributed by atoms with Crippen LogP contribution in [0.3, 0.4) is 0 Å². The number of carboxylic acids is 1. The van der Waals surface area contributed by atoms with Crippen LogP contribution in [0, 0.1) is 0 Å². The molecule has 0 saturated carbocycles. The molecular formula is C11H15NO4S2. The predicted octanol–water partition coefficient (Wildman–Crippen LogP) is 1.68. The van der Waals surface area contributed by atoms with E-state index in [9.17, 15) is 13.2 Å². The van der Waals surface area contributed by atoms with Gasteiger partial charge >= 0.3 is 5.97 Å². The molecule has 0 bridgehead atoms. The van der Waals surface area contributed by atoms with Gasteiger partial charge in [0, 0.05) is 22.4 Å². The first-order chi connectivity index (χ1) is 8.43. The van der Waals surface area contributed by atoms with Crippen LogP contribution in [-0.4, -0.2) is 25.2 Å². The summed E-state index contributed by atoms with van der Waals surface area (Å²) in [6.45, 7) is 2.05. The van der Waals surface area contributed by atoms with E-state index in [1.54, 1.807) is 19.1 Å². The van der Waals surface area contributed by atoms with Crippen molar-refractivity contribution >= 4 is 33.4 Å². The van der Waals surface area contributed by atoms with Crippen LogP contribution in [0.5, 0.6) is 0 Å². The van der Waals surface area contributed by atoms with Crippen molar-refractivity contribution in [3.63, 3.8) is 0 Å². The molecule has 0 unspecified atom stereocenters. The van der Waals surface area contributed by atoms with Gasteiger partial charge in [0.2, 0.25) is 10.0 Å². The molecule has 0 amide bonds. The van der Waals surface area contributed by atoms with Crippen molar-refractivity contribution in [2.45, 2.75) is 19.9 Å². The molecule has 0 aliphatic heterocycles. The molecule has 1 aromatic rings. The Balaban J connectivity index is 2.57. The standard InChI is InChI=1S/C11H15NO4S2/c1-2-7-18(15,16)12-8-10-4-3-9(17-10)5-6-11(13)14/h3-6,12H,2,7-8H2,1H3,(H,13,14). The van der Waals surface area contributed by atoms with E-state index in [0.717, 1.165) is 15.8 Å². The lowest BCUT2D eigenvalue weighted by atomic mass is 10.4. The summed E-state index contributed by atoms with van der Waals surface area (Å²) in [5.41, 5.74) is 0. The summed E-state index contributed by atoms with van der Waals surface area (Å²) in [7, 11) is -3.20. The Labute approximate surface area is 110 Å². The number of nitrogens with one attached hydrogen (secondary N) is 1. The maximum atomic E-state index is 11.4. The smallest absolute Gasteiger partial charge is 0.328 e. The third kappa shape index (κ3) is 5.44. The van der Waals surface area contributed by atoms with Gasteiger partial charge in [-0.25, -0.2) is 17.9 Å². The Morgan fingerprint density at radius 2 is 2.22 bits per heavy atom. The fourth-order valence-corrected chi connectivity index (χ4v) is 3.26. The number of sulfonamides is 1. The van der Waals surface area contributed by atoms with Gasteiger partial charge in [-0.1, -0.05) is 6.92 Å². The topological polar surface area (TPSA) is 83.5 Å². The van der Waals surface area contributed by atoms with Crippen molar-refractivity contribution in [1.29, 1.82) is 0 Å². The van der Waals surface area contributed by atoms with Crippen LogP contribution in [0.15, 0.2) is 18.2 Å². The van der Waals surface area contributed by atoms with Crippen molar-refractivity contribution in [2.75, 3.05) is 5.75 Å². The molecule has 5 nitrogen and oxygen atoms in total. The molecule has 1 rings (SSSR count). The number of carboxylic acid groups (broad SMARTS) is 1. The van der Waals surface area contributed by atoms with Crippen molar-refractivity contribution in [1.82, 2.24) is 4.72 Å². The average molecular weight is 289 g/mol. The summed E-state index contributed by atoms with van der Waals surface area (Å²) in [5.74, 6) is -0.891. The number of hydrogen-bond donors (Lipinski definition) is 2. The van der Waals surface area contributed by atoms with Crippen LogP contribution in [0.25, 0.3) is 6.08 Å². The van der Waals surface area contributed by atoms with E-state index in [0.29, 0.717) is 6.42 Å². The van der Waals surface area contributed by atoms with Gasteiger partial charge in [0.1, 0.15) is 0 Å². The zero-order valence-electron chi connectivity index (χ0n) is 9.92. The lowest BCUT2D eigenvalue weighted by molar-refractivity contribution is -0.131.